The van der Waals surface area contributed by atoms with Crippen molar-refractivity contribution in [2.75, 3.05) is 0 Å². The van der Waals surface area contributed by atoms with Crippen LogP contribution >= 0.6 is 0 Å². The van der Waals surface area contributed by atoms with Crippen LogP contribution in [0.4, 0.5) is 0 Å². The molecule has 2 aliphatic rings. The Morgan fingerprint density at radius 1 is 0.325 bits per heavy atom. The summed E-state index contributed by atoms with van der Waals surface area (Å²) in [5.74, 6) is 0. The number of hydrogen-bond acceptors (Lipinski definition) is 1. The van der Waals surface area contributed by atoms with Crippen LogP contribution in [0.5, 0.6) is 0 Å². The fourth-order valence-electron chi connectivity index (χ4n) is 13.4. The van der Waals surface area contributed by atoms with Crippen LogP contribution in [-0.4, -0.2) is 20.8 Å². The van der Waals surface area contributed by atoms with E-state index in [0.717, 1.165) is 22.5 Å². The third kappa shape index (κ3) is 6.87. The average Bonchev–Trinajstić information content (AvgIpc) is 4.20. The molecule has 10 aromatic carbocycles. The van der Waals surface area contributed by atoms with Gasteiger partial charge >= 0.3 is 0 Å². The Morgan fingerprint density at radius 2 is 0.701 bits per heavy atom. The van der Waals surface area contributed by atoms with Crippen molar-refractivity contribution in [2.24, 2.45) is 0 Å². The molecule has 0 N–H and O–H groups in total. The first-order valence-corrected chi connectivity index (χ1v) is 27.2. The number of nitrogens with zero attached hydrogens (tertiary/aromatic N) is 3. The molecule has 366 valence electrons. The van der Waals surface area contributed by atoms with Crippen molar-refractivity contribution in [1.29, 1.82) is 0 Å². The predicted molar refractivity (Wildman–Crippen MR) is 328 cm³/mol. The summed E-state index contributed by atoms with van der Waals surface area (Å²) in [6.45, 7) is 14.2. The number of rotatable bonds is 6. The normalized spacial score (nSPS) is 12.8. The minimum absolute atomic E-state index is 0.0677. The first-order chi connectivity index (χ1) is 37.5. The Morgan fingerprint density at radius 3 is 1.10 bits per heavy atom. The van der Waals surface area contributed by atoms with Gasteiger partial charge < -0.3 is 9.13 Å². The molecule has 0 fully saturated rings. The highest BCUT2D eigenvalue weighted by Gasteiger charge is 2.43. The van der Waals surface area contributed by atoms with E-state index in [0.29, 0.717) is 0 Å². The molecule has 0 bridgehead atoms. The van der Waals surface area contributed by atoms with E-state index in [4.69, 9.17) is 4.98 Å². The van der Waals surface area contributed by atoms with E-state index >= 15 is 0 Å². The van der Waals surface area contributed by atoms with Crippen molar-refractivity contribution < 1.29 is 0 Å². The van der Waals surface area contributed by atoms with Crippen LogP contribution < -0.4 is 16.4 Å². The maximum absolute atomic E-state index is 5.55. The van der Waals surface area contributed by atoms with Crippen LogP contribution in [0.15, 0.2) is 231 Å². The minimum Gasteiger partial charge on any atom is -0.310 e. The number of benzene rings is 10. The first-order valence-electron chi connectivity index (χ1n) is 27.2. The summed E-state index contributed by atoms with van der Waals surface area (Å²) in [6, 6.07) is 86.0. The Bertz CT molecular complexity index is 4290. The third-order valence-electron chi connectivity index (χ3n) is 16.7. The van der Waals surface area contributed by atoms with Gasteiger partial charge in [-0.15, -0.1) is 0 Å². The lowest BCUT2D eigenvalue weighted by molar-refractivity contribution is 0.596. The minimum atomic E-state index is -0.163. The summed E-state index contributed by atoms with van der Waals surface area (Å²) in [7, 11) is 0. The number of pyridine rings is 1. The van der Waals surface area contributed by atoms with E-state index in [-0.39, 0.29) is 17.5 Å². The van der Waals surface area contributed by atoms with Crippen molar-refractivity contribution in [2.45, 2.75) is 52.4 Å². The second kappa shape index (κ2) is 16.8. The van der Waals surface area contributed by atoms with Gasteiger partial charge in [0.2, 0.25) is 0 Å². The van der Waals surface area contributed by atoms with Gasteiger partial charge in [0, 0.05) is 55.1 Å². The van der Waals surface area contributed by atoms with Crippen molar-refractivity contribution >= 4 is 66.7 Å². The van der Waals surface area contributed by atoms with Gasteiger partial charge in [-0.1, -0.05) is 224 Å². The van der Waals surface area contributed by atoms with E-state index < -0.39 is 0 Å². The molecule has 5 heterocycles. The van der Waals surface area contributed by atoms with Crippen LogP contribution in [-0.2, 0) is 10.8 Å². The van der Waals surface area contributed by atoms with Gasteiger partial charge in [-0.25, -0.2) is 4.98 Å². The number of hydrogen-bond donors (Lipinski definition) is 0. The van der Waals surface area contributed by atoms with Gasteiger partial charge in [-0.2, -0.15) is 0 Å². The van der Waals surface area contributed by atoms with Gasteiger partial charge in [0.05, 0.1) is 22.4 Å². The standard InChI is InChI=1S/C73H56BN3/c1-72(2,3)55-35-37-57-70-67(55)65-53(47-27-16-9-17-28-47)39-50(45-23-12-7-13-24-45)41-61(65)76(70)63-43-52(60-34-22-33-59(75-60)49-31-20-11-21-32-49)44-64-69(63)74(57)58-38-36-56(73(4,5)6)68-66-54(48-29-18-10-19-30-48)40-51(46-25-14-8-15-26-46)42-62(66)77(64)71(58)68/h7-44H,1-6H3. The molecular formula is C73H56BN3. The zero-order valence-corrected chi connectivity index (χ0v) is 44.4. The van der Waals surface area contributed by atoms with E-state index in [1.807, 2.05) is 0 Å². The molecule has 0 aliphatic carbocycles. The zero-order valence-electron chi connectivity index (χ0n) is 44.4. The summed E-state index contributed by atoms with van der Waals surface area (Å²) in [6.07, 6.45) is 0. The monoisotopic (exact) mass is 985 g/mol. The molecule has 0 amide bonds. The van der Waals surface area contributed by atoms with E-state index in [1.54, 1.807) is 0 Å². The molecule has 13 aromatic rings. The largest absolute Gasteiger partial charge is 0.310 e. The van der Waals surface area contributed by atoms with E-state index in [9.17, 15) is 0 Å². The Hall–Kier alpha value is -8.99. The maximum Gasteiger partial charge on any atom is 0.252 e. The van der Waals surface area contributed by atoms with Crippen LogP contribution in [0, 0.1) is 0 Å². The summed E-state index contributed by atoms with van der Waals surface area (Å²) >= 11 is 0. The Balaban J connectivity index is 1.17. The third-order valence-corrected chi connectivity index (χ3v) is 16.7. The fraction of sp³-hybridized carbons (Fsp3) is 0.110. The highest BCUT2D eigenvalue weighted by atomic mass is 15.0. The number of aromatic nitrogens is 3. The lowest BCUT2D eigenvalue weighted by atomic mass is 9.34. The second-order valence-electron chi connectivity index (χ2n) is 23.5. The Kier molecular flexibility index (Phi) is 9.88. The lowest BCUT2D eigenvalue weighted by Crippen LogP contribution is -2.59. The van der Waals surface area contributed by atoms with Gasteiger partial charge in [0.1, 0.15) is 0 Å². The van der Waals surface area contributed by atoms with Gasteiger partial charge in [0.25, 0.3) is 6.71 Å². The van der Waals surface area contributed by atoms with Crippen molar-refractivity contribution in [3.8, 4) is 78.4 Å². The molecule has 15 rings (SSSR count). The van der Waals surface area contributed by atoms with Crippen molar-refractivity contribution in [3.63, 3.8) is 0 Å². The smallest absolute Gasteiger partial charge is 0.252 e. The first kappa shape index (κ1) is 45.4. The molecule has 0 saturated heterocycles. The quantitative estimate of drug-likeness (QED) is 0.152. The molecule has 3 nitrogen and oxygen atoms in total. The van der Waals surface area contributed by atoms with Crippen LogP contribution in [0.1, 0.15) is 52.7 Å². The zero-order chi connectivity index (χ0) is 51.9. The molecule has 0 radical (unpaired) electrons. The molecule has 0 atom stereocenters. The topological polar surface area (TPSA) is 22.8 Å². The highest BCUT2D eigenvalue weighted by Crippen LogP contribution is 2.50. The van der Waals surface area contributed by atoms with E-state index in [1.165, 1.54) is 127 Å². The SMILES string of the molecule is CC(C)(C)c1ccc2c3c1c1c(-c4ccccc4)cc(-c4ccccc4)cc1n3-c1cc(-c3cccc(-c4ccccc4)n3)cc3c1B2c1ccc(C(C)(C)C)c2c4c(-c5ccccc5)cc(-c5ccccc5)cc4n-3c12. The summed E-state index contributed by atoms with van der Waals surface area (Å²) < 4.78 is 5.35. The van der Waals surface area contributed by atoms with Crippen LogP contribution in [0.2, 0.25) is 0 Å². The van der Waals surface area contributed by atoms with E-state index in [2.05, 4.69) is 281 Å². The molecule has 2 aliphatic heterocycles. The van der Waals surface area contributed by atoms with Crippen molar-refractivity contribution in [3.05, 3.63) is 242 Å². The summed E-state index contributed by atoms with van der Waals surface area (Å²) in [5, 5.41) is 5.24. The lowest BCUT2D eigenvalue weighted by Gasteiger charge is -2.35. The van der Waals surface area contributed by atoms with Crippen LogP contribution in [0.3, 0.4) is 0 Å². The molecule has 77 heavy (non-hydrogen) atoms. The fourth-order valence-corrected chi connectivity index (χ4v) is 13.4. The van der Waals surface area contributed by atoms with Gasteiger partial charge in [-0.3, -0.25) is 0 Å². The second-order valence-corrected chi connectivity index (χ2v) is 23.5. The average molecular weight is 986 g/mol. The van der Waals surface area contributed by atoms with Crippen LogP contribution in [0.25, 0.3) is 122 Å². The molecule has 4 heteroatoms. The van der Waals surface area contributed by atoms with Gasteiger partial charge in [0.15, 0.2) is 0 Å². The molecular weight excluding hydrogens is 930 g/mol. The molecule has 0 saturated carbocycles. The van der Waals surface area contributed by atoms with Gasteiger partial charge in [-0.05, 0) is 131 Å². The summed E-state index contributed by atoms with van der Waals surface area (Å²) in [5.41, 5.74) is 27.5. The number of fused-ring (bicyclic) bond motifs is 10. The molecule has 0 unspecified atom stereocenters. The van der Waals surface area contributed by atoms with Crippen molar-refractivity contribution in [1.82, 2.24) is 14.1 Å². The molecule has 3 aromatic heterocycles. The summed E-state index contributed by atoms with van der Waals surface area (Å²) in [4.78, 5) is 5.55. The predicted octanol–water partition coefficient (Wildman–Crippen LogP) is 17.0. The maximum atomic E-state index is 5.55. The molecule has 0 spiro atoms. The highest BCUT2D eigenvalue weighted by molar-refractivity contribution is 7.00. The Labute approximate surface area is 450 Å².